The van der Waals surface area contributed by atoms with Crippen LogP contribution in [-0.4, -0.2) is 35.5 Å². The van der Waals surface area contributed by atoms with Gasteiger partial charge in [0.2, 0.25) is 11.9 Å². The number of anilines is 1. The van der Waals surface area contributed by atoms with Crippen LogP contribution in [0.25, 0.3) is 21.3 Å². The molecule has 30 heavy (non-hydrogen) atoms. The van der Waals surface area contributed by atoms with Gasteiger partial charge in [0.25, 0.3) is 5.56 Å². The third-order valence-corrected chi connectivity index (χ3v) is 6.58. The van der Waals surface area contributed by atoms with Crippen molar-refractivity contribution in [2.75, 3.05) is 24.5 Å². The molecule has 0 aliphatic carbocycles. The van der Waals surface area contributed by atoms with Crippen molar-refractivity contribution in [2.24, 2.45) is 11.8 Å². The van der Waals surface area contributed by atoms with Gasteiger partial charge in [-0.25, -0.2) is 4.98 Å². The van der Waals surface area contributed by atoms with Crippen LogP contribution in [0.3, 0.4) is 0 Å². The predicted molar refractivity (Wildman–Crippen MR) is 123 cm³/mol. The number of hydrogen-bond acceptors (Lipinski definition) is 5. The number of aromatic amines is 1. The van der Waals surface area contributed by atoms with Crippen LogP contribution in [0, 0.1) is 11.8 Å². The van der Waals surface area contributed by atoms with Crippen LogP contribution in [0.1, 0.15) is 33.1 Å². The Labute approximate surface area is 180 Å². The second-order valence-electron chi connectivity index (χ2n) is 8.34. The second kappa shape index (κ2) is 9.00. The number of H-pyrrole nitrogens is 1. The molecule has 1 amide bonds. The second-order valence-corrected chi connectivity index (χ2v) is 9.22. The molecule has 1 aliphatic heterocycles. The van der Waals surface area contributed by atoms with Crippen molar-refractivity contribution >= 4 is 33.4 Å². The average Bonchev–Trinajstić information content (AvgIpc) is 3.19. The van der Waals surface area contributed by atoms with Gasteiger partial charge in [0.15, 0.2) is 0 Å². The summed E-state index contributed by atoms with van der Waals surface area (Å²) in [5.74, 6) is 1.15. The van der Waals surface area contributed by atoms with Gasteiger partial charge in [-0.1, -0.05) is 44.2 Å². The van der Waals surface area contributed by atoms with Gasteiger partial charge in [0.1, 0.15) is 4.70 Å². The molecule has 7 heteroatoms. The maximum atomic E-state index is 12.7. The molecule has 6 nitrogen and oxygen atoms in total. The van der Waals surface area contributed by atoms with Crippen molar-refractivity contribution in [3.05, 3.63) is 46.1 Å². The molecule has 1 fully saturated rings. The highest BCUT2D eigenvalue weighted by Crippen LogP contribution is 2.32. The number of benzene rings is 1. The van der Waals surface area contributed by atoms with E-state index in [1.165, 1.54) is 11.3 Å². The highest BCUT2D eigenvalue weighted by atomic mass is 32.1. The molecule has 158 valence electrons. The lowest BCUT2D eigenvalue weighted by atomic mass is 9.97. The summed E-state index contributed by atoms with van der Waals surface area (Å²) in [5.41, 5.74) is 2.64. The molecular formula is C23H28N4O2S. The van der Waals surface area contributed by atoms with Gasteiger partial charge in [-0.2, -0.15) is 0 Å². The zero-order chi connectivity index (χ0) is 21.1. The summed E-state index contributed by atoms with van der Waals surface area (Å²) in [5, 5.41) is 5.06. The number of aromatic nitrogens is 2. The third-order valence-electron chi connectivity index (χ3n) is 5.61. The van der Waals surface area contributed by atoms with Crippen LogP contribution >= 0.6 is 11.3 Å². The highest BCUT2D eigenvalue weighted by Gasteiger charge is 2.27. The Bertz CT molecular complexity index is 1070. The fourth-order valence-corrected chi connectivity index (χ4v) is 4.81. The quantitative estimate of drug-likeness (QED) is 0.626. The van der Waals surface area contributed by atoms with Crippen LogP contribution in [-0.2, 0) is 4.79 Å². The first-order valence-electron chi connectivity index (χ1n) is 10.6. The number of nitrogens with zero attached hydrogens (tertiary/aromatic N) is 2. The molecule has 0 bridgehead atoms. The third kappa shape index (κ3) is 4.41. The summed E-state index contributed by atoms with van der Waals surface area (Å²) in [6.45, 7) is 6.38. The zero-order valence-electron chi connectivity index (χ0n) is 17.5. The summed E-state index contributed by atoms with van der Waals surface area (Å²) >= 11 is 1.42. The molecule has 0 spiro atoms. The van der Waals surface area contributed by atoms with Crippen LogP contribution in [0.5, 0.6) is 0 Å². The Morgan fingerprint density at radius 1 is 1.33 bits per heavy atom. The first kappa shape index (κ1) is 20.6. The lowest BCUT2D eigenvalue weighted by Crippen LogP contribution is -2.44. The Balaban J connectivity index is 1.57. The van der Waals surface area contributed by atoms with Crippen molar-refractivity contribution in [2.45, 2.75) is 33.1 Å². The molecule has 1 aromatic carbocycles. The van der Waals surface area contributed by atoms with E-state index in [-0.39, 0.29) is 17.4 Å². The number of rotatable bonds is 6. The standard InChI is InChI=1S/C23H28N4O2S/c1-15(2)10-11-24-21(28)17-9-6-12-27(13-17)23-25-19-18(16-7-4-3-5-8-16)14-30-20(19)22(29)26-23/h3-5,7-8,14-15,17H,6,9-13H2,1-2H3,(H,24,28)(H,25,26,29). The summed E-state index contributed by atoms with van der Waals surface area (Å²) in [4.78, 5) is 35.1. The predicted octanol–water partition coefficient (Wildman–Crippen LogP) is 4.03. The number of amides is 1. The molecule has 1 saturated heterocycles. The Morgan fingerprint density at radius 2 is 2.13 bits per heavy atom. The Morgan fingerprint density at radius 3 is 2.90 bits per heavy atom. The molecule has 3 aromatic rings. The van der Waals surface area contributed by atoms with Crippen LogP contribution < -0.4 is 15.8 Å². The minimum atomic E-state index is -0.120. The van der Waals surface area contributed by atoms with E-state index in [0.29, 0.717) is 29.7 Å². The molecule has 4 rings (SSSR count). The summed E-state index contributed by atoms with van der Waals surface area (Å²) in [6.07, 6.45) is 2.75. The minimum absolute atomic E-state index is 0.0806. The van der Waals surface area contributed by atoms with Crippen LogP contribution in [0.2, 0.25) is 0 Å². The number of piperidine rings is 1. The molecule has 0 radical (unpaired) electrons. The molecule has 2 aromatic heterocycles. The SMILES string of the molecule is CC(C)CCNC(=O)C1CCCN(c2nc3c(-c4ccccc4)csc3c(=O)[nH]2)C1. The number of thiophene rings is 1. The van der Waals surface area contributed by atoms with Crippen LogP contribution in [0.15, 0.2) is 40.5 Å². The zero-order valence-corrected chi connectivity index (χ0v) is 18.3. The van der Waals surface area contributed by atoms with Gasteiger partial charge < -0.3 is 10.2 Å². The van der Waals surface area contributed by atoms with E-state index in [2.05, 4.69) is 24.1 Å². The lowest BCUT2D eigenvalue weighted by molar-refractivity contribution is -0.125. The summed E-state index contributed by atoms with van der Waals surface area (Å²) in [7, 11) is 0. The topological polar surface area (TPSA) is 78.1 Å². The van der Waals surface area contributed by atoms with Gasteiger partial charge in [0.05, 0.1) is 11.4 Å². The molecule has 1 atom stereocenters. The molecule has 0 saturated carbocycles. The number of carbonyl (C=O) groups excluding carboxylic acids is 1. The maximum Gasteiger partial charge on any atom is 0.270 e. The summed E-state index contributed by atoms with van der Waals surface area (Å²) < 4.78 is 0.637. The summed E-state index contributed by atoms with van der Waals surface area (Å²) in [6, 6.07) is 10.0. The number of fused-ring (bicyclic) bond motifs is 1. The fraction of sp³-hybridized carbons (Fsp3) is 0.435. The van der Waals surface area contributed by atoms with Gasteiger partial charge >= 0.3 is 0 Å². The Kier molecular flexibility index (Phi) is 6.18. The number of carbonyl (C=O) groups is 1. The van der Waals surface area contributed by atoms with Crippen molar-refractivity contribution in [1.29, 1.82) is 0 Å². The lowest BCUT2D eigenvalue weighted by Gasteiger charge is -2.32. The first-order chi connectivity index (χ1) is 14.5. The van der Waals surface area contributed by atoms with E-state index in [0.717, 1.165) is 42.5 Å². The number of hydrogen-bond donors (Lipinski definition) is 2. The molecule has 3 heterocycles. The van der Waals surface area contributed by atoms with E-state index in [4.69, 9.17) is 4.98 Å². The molecule has 1 aliphatic rings. The van der Waals surface area contributed by atoms with Crippen molar-refractivity contribution in [1.82, 2.24) is 15.3 Å². The monoisotopic (exact) mass is 424 g/mol. The van der Waals surface area contributed by atoms with Gasteiger partial charge in [-0.3, -0.25) is 14.6 Å². The molecule has 1 unspecified atom stereocenters. The van der Waals surface area contributed by atoms with E-state index in [9.17, 15) is 9.59 Å². The number of nitrogens with one attached hydrogen (secondary N) is 2. The van der Waals surface area contributed by atoms with Crippen LogP contribution in [0.4, 0.5) is 5.95 Å². The Hall–Kier alpha value is -2.67. The van der Waals surface area contributed by atoms with E-state index < -0.39 is 0 Å². The van der Waals surface area contributed by atoms with E-state index in [1.54, 1.807) is 0 Å². The van der Waals surface area contributed by atoms with Gasteiger partial charge in [0, 0.05) is 30.6 Å². The smallest absolute Gasteiger partial charge is 0.270 e. The fourth-order valence-electron chi connectivity index (χ4n) is 3.90. The highest BCUT2D eigenvalue weighted by molar-refractivity contribution is 7.17. The van der Waals surface area contributed by atoms with Crippen molar-refractivity contribution in [3.63, 3.8) is 0 Å². The van der Waals surface area contributed by atoms with E-state index >= 15 is 0 Å². The van der Waals surface area contributed by atoms with E-state index in [1.807, 2.05) is 40.6 Å². The van der Waals surface area contributed by atoms with Crippen molar-refractivity contribution in [3.8, 4) is 11.1 Å². The van der Waals surface area contributed by atoms with Gasteiger partial charge in [-0.15, -0.1) is 11.3 Å². The molecule has 2 N–H and O–H groups in total. The molecular weight excluding hydrogens is 396 g/mol. The first-order valence-corrected chi connectivity index (χ1v) is 11.5. The maximum absolute atomic E-state index is 12.7. The average molecular weight is 425 g/mol. The largest absolute Gasteiger partial charge is 0.356 e. The van der Waals surface area contributed by atoms with Crippen molar-refractivity contribution < 1.29 is 4.79 Å². The van der Waals surface area contributed by atoms with Gasteiger partial charge in [-0.05, 0) is 30.7 Å². The normalized spacial score (nSPS) is 16.9. The minimum Gasteiger partial charge on any atom is -0.356 e.